The minimum Gasteiger partial charge on any atom is -0.477 e. The standard InChI is InChI=1S/C20H17ClF2N2O2S/c1-10-5-18-15(7-16(10)21)12(9-28-18)8-25-17-6-13(20(22,23)19(26)27)3-4-14(17)11(2)24-25/h3-4,6-7,9-10H,5,8H2,1-2H3,(H,26,27). The van der Waals surface area contributed by atoms with Crippen LogP contribution in [0.25, 0.3) is 17.0 Å². The molecule has 0 saturated carbocycles. The zero-order valence-electron chi connectivity index (χ0n) is 15.2. The van der Waals surface area contributed by atoms with Crippen LogP contribution in [0, 0.1) is 12.8 Å². The third-order valence-electron chi connectivity index (χ3n) is 5.12. The number of carboxylic acids is 1. The first kappa shape index (κ1) is 19.1. The quantitative estimate of drug-likeness (QED) is 0.612. The summed E-state index contributed by atoms with van der Waals surface area (Å²) in [5.41, 5.74) is 2.71. The maximum absolute atomic E-state index is 14.0. The Morgan fingerprint density at radius 3 is 2.93 bits per heavy atom. The van der Waals surface area contributed by atoms with Crippen LogP contribution in [0.4, 0.5) is 8.78 Å². The Kier molecular flexibility index (Phi) is 4.55. The monoisotopic (exact) mass is 422 g/mol. The zero-order valence-corrected chi connectivity index (χ0v) is 16.7. The smallest absolute Gasteiger partial charge is 0.379 e. The van der Waals surface area contributed by atoms with Crippen molar-refractivity contribution in [3.8, 4) is 0 Å². The maximum Gasteiger partial charge on any atom is 0.379 e. The number of aliphatic carboxylic acids is 1. The normalized spacial score (nSPS) is 16.9. The van der Waals surface area contributed by atoms with Crippen molar-refractivity contribution in [2.75, 3.05) is 0 Å². The van der Waals surface area contributed by atoms with E-state index in [1.165, 1.54) is 17.0 Å². The van der Waals surface area contributed by atoms with Gasteiger partial charge in [0.05, 0.1) is 17.8 Å². The van der Waals surface area contributed by atoms with Crippen LogP contribution < -0.4 is 0 Å². The lowest BCUT2D eigenvalue weighted by Gasteiger charge is -2.17. The molecule has 4 nitrogen and oxygen atoms in total. The van der Waals surface area contributed by atoms with Crippen molar-refractivity contribution in [1.82, 2.24) is 9.78 Å². The second-order valence-corrected chi connectivity index (χ2v) is 8.49. The van der Waals surface area contributed by atoms with Crippen LogP contribution in [0.1, 0.15) is 34.2 Å². The molecule has 2 aromatic heterocycles. The third kappa shape index (κ3) is 3.02. The summed E-state index contributed by atoms with van der Waals surface area (Å²) in [6.45, 7) is 4.28. The highest BCUT2D eigenvalue weighted by atomic mass is 35.5. The van der Waals surface area contributed by atoms with Gasteiger partial charge >= 0.3 is 11.9 Å². The second-order valence-electron chi connectivity index (χ2n) is 7.09. The van der Waals surface area contributed by atoms with E-state index in [0.29, 0.717) is 17.8 Å². The number of fused-ring (bicyclic) bond motifs is 2. The van der Waals surface area contributed by atoms with Crippen molar-refractivity contribution in [3.05, 3.63) is 55.9 Å². The van der Waals surface area contributed by atoms with Gasteiger partial charge in [0.2, 0.25) is 0 Å². The van der Waals surface area contributed by atoms with Gasteiger partial charge in [-0.2, -0.15) is 13.9 Å². The van der Waals surface area contributed by atoms with Gasteiger partial charge in [-0.05, 0) is 47.9 Å². The van der Waals surface area contributed by atoms with Crippen LogP contribution in [0.3, 0.4) is 0 Å². The molecule has 0 spiro atoms. The van der Waals surface area contributed by atoms with E-state index in [4.69, 9.17) is 16.7 Å². The molecule has 0 radical (unpaired) electrons. The molecule has 3 aromatic rings. The number of hydrogen-bond acceptors (Lipinski definition) is 3. The number of allylic oxidation sites excluding steroid dienone is 1. The van der Waals surface area contributed by atoms with Crippen LogP contribution in [0.2, 0.25) is 0 Å². The number of aromatic nitrogens is 2. The Balaban J connectivity index is 1.78. The molecule has 8 heteroatoms. The van der Waals surface area contributed by atoms with Crippen molar-refractivity contribution < 1.29 is 18.7 Å². The van der Waals surface area contributed by atoms with E-state index in [-0.39, 0.29) is 5.92 Å². The van der Waals surface area contributed by atoms with Crippen LogP contribution in [-0.2, 0) is 23.7 Å². The summed E-state index contributed by atoms with van der Waals surface area (Å²) in [7, 11) is 0. The average molecular weight is 423 g/mol. The van der Waals surface area contributed by atoms with Gasteiger partial charge in [-0.1, -0.05) is 30.7 Å². The topological polar surface area (TPSA) is 55.1 Å². The van der Waals surface area contributed by atoms with E-state index in [1.807, 2.05) is 11.5 Å². The van der Waals surface area contributed by atoms with Gasteiger partial charge in [0.15, 0.2) is 0 Å². The Bertz CT molecular complexity index is 1130. The number of rotatable bonds is 4. The van der Waals surface area contributed by atoms with Crippen molar-refractivity contribution >= 4 is 45.9 Å². The Labute approximate surface area is 169 Å². The molecule has 1 aromatic carbocycles. The van der Waals surface area contributed by atoms with Gasteiger partial charge in [0.1, 0.15) is 0 Å². The Morgan fingerprint density at radius 1 is 1.46 bits per heavy atom. The minimum atomic E-state index is -3.95. The van der Waals surface area contributed by atoms with Crippen LogP contribution in [0.5, 0.6) is 0 Å². The first-order valence-corrected chi connectivity index (χ1v) is 9.99. The number of halogens is 3. The lowest BCUT2D eigenvalue weighted by molar-refractivity contribution is -0.166. The second kappa shape index (κ2) is 6.67. The van der Waals surface area contributed by atoms with Gasteiger partial charge in [0.25, 0.3) is 0 Å². The summed E-state index contributed by atoms with van der Waals surface area (Å²) < 4.78 is 29.6. The fourth-order valence-electron chi connectivity index (χ4n) is 3.50. The molecule has 1 aliphatic carbocycles. The van der Waals surface area contributed by atoms with Crippen molar-refractivity contribution in [2.45, 2.75) is 32.7 Å². The maximum atomic E-state index is 14.0. The number of alkyl halides is 2. The first-order chi connectivity index (χ1) is 13.2. The molecule has 1 aliphatic rings. The Hall–Kier alpha value is -2.25. The summed E-state index contributed by atoms with van der Waals surface area (Å²) in [6.07, 6.45) is 2.85. The summed E-state index contributed by atoms with van der Waals surface area (Å²) in [4.78, 5) is 12.2. The van der Waals surface area contributed by atoms with Gasteiger partial charge in [-0.15, -0.1) is 11.3 Å². The van der Waals surface area contributed by atoms with Crippen molar-refractivity contribution in [3.63, 3.8) is 0 Å². The number of aryl methyl sites for hydroxylation is 1. The molecule has 4 rings (SSSR count). The molecule has 1 unspecified atom stereocenters. The zero-order chi connectivity index (χ0) is 20.2. The van der Waals surface area contributed by atoms with E-state index >= 15 is 0 Å². The summed E-state index contributed by atoms with van der Waals surface area (Å²) in [6, 6.07) is 3.86. The average Bonchev–Trinajstić information content (AvgIpc) is 3.16. The van der Waals surface area contributed by atoms with E-state index < -0.39 is 17.5 Å². The molecule has 1 N–H and O–H groups in total. The highest BCUT2D eigenvalue weighted by molar-refractivity contribution is 7.10. The molecule has 146 valence electrons. The van der Waals surface area contributed by atoms with E-state index in [0.717, 1.165) is 34.0 Å². The van der Waals surface area contributed by atoms with Crippen LogP contribution >= 0.6 is 22.9 Å². The lowest BCUT2D eigenvalue weighted by Crippen LogP contribution is -2.25. The highest BCUT2D eigenvalue weighted by Crippen LogP contribution is 2.37. The number of thiophene rings is 1. The molecule has 0 amide bonds. The molecular formula is C20H17ClF2N2O2S. The van der Waals surface area contributed by atoms with Crippen molar-refractivity contribution in [2.24, 2.45) is 5.92 Å². The van der Waals surface area contributed by atoms with Gasteiger partial charge in [0, 0.05) is 20.9 Å². The lowest BCUT2D eigenvalue weighted by atomic mass is 9.95. The fraction of sp³-hybridized carbons (Fsp3) is 0.300. The molecule has 1 atom stereocenters. The van der Waals surface area contributed by atoms with E-state index in [2.05, 4.69) is 12.0 Å². The van der Waals surface area contributed by atoms with E-state index in [9.17, 15) is 13.6 Å². The first-order valence-electron chi connectivity index (χ1n) is 8.73. The number of carbonyl (C=O) groups is 1. The number of hydrogen-bond donors (Lipinski definition) is 1. The fourth-order valence-corrected chi connectivity index (χ4v) is 4.83. The largest absolute Gasteiger partial charge is 0.477 e. The molecule has 2 heterocycles. The van der Waals surface area contributed by atoms with Gasteiger partial charge in [-0.25, -0.2) is 4.79 Å². The molecular weight excluding hydrogens is 406 g/mol. The summed E-state index contributed by atoms with van der Waals surface area (Å²) in [5, 5.41) is 16.9. The van der Waals surface area contributed by atoms with Gasteiger partial charge in [-0.3, -0.25) is 4.68 Å². The minimum absolute atomic E-state index is 0.286. The molecule has 0 aliphatic heterocycles. The number of benzene rings is 1. The SMILES string of the molecule is Cc1nn(Cc2csc3c2C=C(Cl)C(C)C3)c2cc(C(F)(F)C(=O)O)ccc12. The number of nitrogens with zero attached hydrogens (tertiary/aromatic N) is 2. The predicted molar refractivity (Wildman–Crippen MR) is 106 cm³/mol. The van der Waals surface area contributed by atoms with Crippen LogP contribution in [-0.4, -0.2) is 20.9 Å². The van der Waals surface area contributed by atoms with Crippen molar-refractivity contribution in [1.29, 1.82) is 0 Å². The third-order valence-corrected chi connectivity index (χ3v) is 6.68. The van der Waals surface area contributed by atoms with Gasteiger partial charge < -0.3 is 5.11 Å². The molecule has 0 saturated heterocycles. The summed E-state index contributed by atoms with van der Waals surface area (Å²) >= 11 is 7.99. The number of carboxylic acid groups (broad SMARTS) is 1. The predicted octanol–water partition coefficient (Wildman–Crippen LogP) is 5.40. The van der Waals surface area contributed by atoms with E-state index in [1.54, 1.807) is 22.9 Å². The molecule has 28 heavy (non-hydrogen) atoms. The molecule has 0 bridgehead atoms. The Morgan fingerprint density at radius 2 is 2.21 bits per heavy atom. The highest BCUT2D eigenvalue weighted by Gasteiger charge is 2.41. The van der Waals surface area contributed by atoms with Crippen LogP contribution in [0.15, 0.2) is 28.6 Å². The molecule has 0 fully saturated rings. The summed E-state index contributed by atoms with van der Waals surface area (Å²) in [5.74, 6) is -5.84.